The van der Waals surface area contributed by atoms with Crippen molar-refractivity contribution >= 4 is 23.6 Å². The van der Waals surface area contributed by atoms with Crippen molar-refractivity contribution in [2.75, 3.05) is 32.7 Å². The summed E-state index contributed by atoms with van der Waals surface area (Å²) in [6.07, 6.45) is 8.48. The maximum atomic E-state index is 12.7. The van der Waals surface area contributed by atoms with Gasteiger partial charge in [0.15, 0.2) is 0 Å². The molecule has 1 aromatic carbocycles. The summed E-state index contributed by atoms with van der Waals surface area (Å²) in [5.74, 6) is 0.269. The Labute approximate surface area is 229 Å². The summed E-state index contributed by atoms with van der Waals surface area (Å²) in [6, 6.07) is 7.76. The predicted molar refractivity (Wildman–Crippen MR) is 145 cm³/mol. The molecular weight excluding hydrogens is 496 g/mol. The lowest BCUT2D eigenvalue weighted by Gasteiger charge is -2.35. The molecule has 1 aromatic rings. The fraction of sp³-hybridized carbons (Fsp3) is 0.467. The van der Waals surface area contributed by atoms with E-state index in [4.69, 9.17) is 4.74 Å². The number of hydrogen-bond donors (Lipinski definition) is 1. The SMILES string of the molecule is C=C(/C=C\C=C1/CCN(C2CCC(=O)NC2=O)C1=O)OCc1ccc(CN2CCN(C(=O)C3CC3)CC2)cc1. The molecule has 3 saturated heterocycles. The van der Waals surface area contributed by atoms with Crippen LogP contribution in [-0.4, -0.2) is 77.1 Å². The van der Waals surface area contributed by atoms with Crippen molar-refractivity contribution < 1.29 is 23.9 Å². The van der Waals surface area contributed by atoms with E-state index in [2.05, 4.69) is 41.1 Å². The highest BCUT2D eigenvalue weighted by atomic mass is 16.5. The number of imide groups is 1. The van der Waals surface area contributed by atoms with Crippen LogP contribution in [0.4, 0.5) is 0 Å². The monoisotopic (exact) mass is 532 g/mol. The van der Waals surface area contributed by atoms with Crippen LogP contribution in [0.3, 0.4) is 0 Å². The molecule has 4 fully saturated rings. The first-order chi connectivity index (χ1) is 18.9. The minimum Gasteiger partial charge on any atom is -0.490 e. The highest BCUT2D eigenvalue weighted by Crippen LogP contribution is 2.31. The zero-order valence-electron chi connectivity index (χ0n) is 22.3. The van der Waals surface area contributed by atoms with E-state index in [0.717, 1.165) is 51.1 Å². The molecule has 1 saturated carbocycles. The van der Waals surface area contributed by atoms with Crippen molar-refractivity contribution in [2.45, 2.75) is 51.3 Å². The molecule has 4 aliphatic rings. The number of piperidine rings is 1. The molecule has 206 valence electrons. The topological polar surface area (TPSA) is 99.3 Å². The number of carbonyl (C=O) groups is 4. The number of nitrogens with zero attached hydrogens (tertiary/aromatic N) is 3. The van der Waals surface area contributed by atoms with Gasteiger partial charge >= 0.3 is 0 Å². The Balaban J connectivity index is 1.03. The van der Waals surface area contributed by atoms with Gasteiger partial charge in [0, 0.05) is 57.2 Å². The van der Waals surface area contributed by atoms with E-state index in [9.17, 15) is 19.2 Å². The molecule has 5 rings (SSSR count). The summed E-state index contributed by atoms with van der Waals surface area (Å²) < 4.78 is 5.77. The Bertz CT molecular complexity index is 1190. The molecule has 3 heterocycles. The van der Waals surface area contributed by atoms with Crippen LogP contribution < -0.4 is 5.32 Å². The molecule has 1 atom stereocenters. The molecule has 0 bridgehead atoms. The molecule has 3 aliphatic heterocycles. The predicted octanol–water partition coefficient (Wildman–Crippen LogP) is 2.29. The van der Waals surface area contributed by atoms with Crippen molar-refractivity contribution in [3.8, 4) is 0 Å². The van der Waals surface area contributed by atoms with E-state index in [0.29, 0.717) is 49.2 Å². The first-order valence-electron chi connectivity index (χ1n) is 13.8. The molecule has 1 aliphatic carbocycles. The van der Waals surface area contributed by atoms with Gasteiger partial charge in [0.2, 0.25) is 17.7 Å². The number of hydrogen-bond acceptors (Lipinski definition) is 6. The van der Waals surface area contributed by atoms with Gasteiger partial charge in [-0.05, 0) is 42.9 Å². The van der Waals surface area contributed by atoms with Gasteiger partial charge in [-0.15, -0.1) is 0 Å². The molecule has 1 unspecified atom stereocenters. The highest BCUT2D eigenvalue weighted by molar-refractivity contribution is 6.04. The van der Waals surface area contributed by atoms with Gasteiger partial charge in [-0.2, -0.15) is 0 Å². The fourth-order valence-electron chi connectivity index (χ4n) is 5.28. The summed E-state index contributed by atoms with van der Waals surface area (Å²) in [5, 5.41) is 2.31. The number of ether oxygens (including phenoxy) is 1. The molecule has 1 N–H and O–H groups in total. The smallest absolute Gasteiger partial charge is 0.250 e. The first-order valence-corrected chi connectivity index (χ1v) is 13.8. The third kappa shape index (κ3) is 6.84. The maximum Gasteiger partial charge on any atom is 0.250 e. The van der Waals surface area contributed by atoms with E-state index in [1.807, 2.05) is 4.90 Å². The summed E-state index contributed by atoms with van der Waals surface area (Å²) in [7, 11) is 0. The van der Waals surface area contributed by atoms with E-state index >= 15 is 0 Å². The van der Waals surface area contributed by atoms with Crippen LogP contribution in [0.1, 0.15) is 43.2 Å². The Morgan fingerprint density at radius 2 is 1.69 bits per heavy atom. The molecular formula is C30H36N4O5. The maximum absolute atomic E-state index is 12.7. The average Bonchev–Trinajstić information content (AvgIpc) is 3.72. The molecule has 0 radical (unpaired) electrons. The minimum absolute atomic E-state index is 0.172. The summed E-state index contributed by atoms with van der Waals surface area (Å²) in [5.41, 5.74) is 2.89. The zero-order valence-corrected chi connectivity index (χ0v) is 22.3. The van der Waals surface area contributed by atoms with E-state index in [1.54, 1.807) is 23.1 Å². The molecule has 9 heteroatoms. The number of nitrogens with one attached hydrogen (secondary N) is 1. The number of carbonyl (C=O) groups excluding carboxylic acids is 4. The number of amides is 4. The Morgan fingerprint density at radius 3 is 2.38 bits per heavy atom. The minimum atomic E-state index is -0.581. The van der Waals surface area contributed by atoms with Crippen molar-refractivity contribution in [1.29, 1.82) is 0 Å². The van der Waals surface area contributed by atoms with E-state index in [1.165, 1.54) is 5.56 Å². The second-order valence-corrected chi connectivity index (χ2v) is 10.7. The molecule has 0 aromatic heterocycles. The Morgan fingerprint density at radius 1 is 0.974 bits per heavy atom. The van der Waals surface area contributed by atoms with E-state index in [-0.39, 0.29) is 18.2 Å². The lowest BCUT2D eigenvalue weighted by molar-refractivity contribution is -0.142. The van der Waals surface area contributed by atoms with Crippen molar-refractivity contribution in [2.24, 2.45) is 5.92 Å². The zero-order chi connectivity index (χ0) is 27.4. The van der Waals surface area contributed by atoms with Crippen LogP contribution in [0.2, 0.25) is 0 Å². The number of likely N-dealkylation sites (tertiary alicyclic amines) is 1. The normalized spacial score (nSPS) is 23.5. The molecule has 9 nitrogen and oxygen atoms in total. The lowest BCUT2D eigenvalue weighted by atomic mass is 10.0. The van der Waals surface area contributed by atoms with Gasteiger partial charge in [0.05, 0.1) is 0 Å². The Hall–Kier alpha value is -3.72. The van der Waals surface area contributed by atoms with Crippen LogP contribution in [-0.2, 0) is 37.1 Å². The second kappa shape index (κ2) is 12.0. The molecule has 39 heavy (non-hydrogen) atoms. The fourth-order valence-corrected chi connectivity index (χ4v) is 5.28. The summed E-state index contributed by atoms with van der Waals surface area (Å²) >= 11 is 0. The summed E-state index contributed by atoms with van der Waals surface area (Å²) in [4.78, 5) is 54.4. The lowest BCUT2D eigenvalue weighted by Crippen LogP contribution is -2.52. The number of allylic oxidation sites excluding steroid dienone is 3. The highest BCUT2D eigenvalue weighted by Gasteiger charge is 2.38. The number of benzene rings is 1. The van der Waals surface area contributed by atoms with Gasteiger partial charge in [0.25, 0.3) is 5.91 Å². The largest absolute Gasteiger partial charge is 0.490 e. The summed E-state index contributed by atoms with van der Waals surface area (Å²) in [6.45, 7) is 9.12. The van der Waals surface area contributed by atoms with Crippen LogP contribution in [0.5, 0.6) is 0 Å². The second-order valence-electron chi connectivity index (χ2n) is 10.7. The molecule has 0 spiro atoms. The number of rotatable bonds is 9. The van der Waals surface area contributed by atoms with Crippen molar-refractivity contribution in [3.05, 3.63) is 71.5 Å². The van der Waals surface area contributed by atoms with Gasteiger partial charge in [-0.3, -0.25) is 29.4 Å². The van der Waals surface area contributed by atoms with Crippen molar-refractivity contribution in [1.82, 2.24) is 20.0 Å². The van der Waals surface area contributed by atoms with Gasteiger partial charge in [-0.1, -0.05) is 43.0 Å². The third-order valence-corrected chi connectivity index (χ3v) is 7.79. The first kappa shape index (κ1) is 26.9. The van der Waals surface area contributed by atoms with Crippen molar-refractivity contribution in [3.63, 3.8) is 0 Å². The quantitative estimate of drug-likeness (QED) is 0.227. The Kier molecular flexibility index (Phi) is 8.26. The van der Waals surface area contributed by atoms with Crippen LogP contribution in [0.25, 0.3) is 0 Å². The number of piperazine rings is 1. The average molecular weight is 533 g/mol. The molecule has 4 amide bonds. The van der Waals surface area contributed by atoms with Crippen LogP contribution in [0.15, 0.2) is 60.4 Å². The standard InChI is InChI=1S/C30H36N4O5/c1-21(3-2-4-24-13-14-34(30(24)38)26-11-12-27(35)31-28(26)36)39-20-23-7-5-22(6-8-23)19-32-15-17-33(18-16-32)29(37)25-9-10-25/h2-8,25-26H,1,9-20H2,(H,31,35,36)/b3-2-,24-4+. The van der Waals surface area contributed by atoms with Crippen LogP contribution >= 0.6 is 0 Å². The van der Waals surface area contributed by atoms with E-state index < -0.39 is 11.9 Å². The van der Waals surface area contributed by atoms with Gasteiger partial charge in [0.1, 0.15) is 18.4 Å². The van der Waals surface area contributed by atoms with Gasteiger partial charge < -0.3 is 14.5 Å². The van der Waals surface area contributed by atoms with Gasteiger partial charge in [-0.25, -0.2) is 0 Å². The van der Waals surface area contributed by atoms with Crippen LogP contribution in [0, 0.1) is 5.92 Å². The third-order valence-electron chi connectivity index (χ3n) is 7.79.